The number of nitrogens with zero attached hydrogens (tertiary/aromatic N) is 1. The Morgan fingerprint density at radius 1 is 0.833 bits per heavy atom. The summed E-state index contributed by atoms with van der Waals surface area (Å²) in [7, 11) is -1.90. The molecule has 0 N–H and O–H groups in total. The maximum absolute atomic E-state index is 13.3. The molecule has 42 heavy (non-hydrogen) atoms. The van der Waals surface area contributed by atoms with E-state index in [4.69, 9.17) is 9.16 Å². The van der Waals surface area contributed by atoms with Gasteiger partial charge < -0.3 is 9.16 Å². The molecule has 10 radical (unpaired) electrons. The van der Waals surface area contributed by atoms with Gasteiger partial charge in [0.2, 0.25) is 12.6 Å². The van der Waals surface area contributed by atoms with Crippen molar-refractivity contribution in [2.24, 2.45) is 0 Å². The summed E-state index contributed by atoms with van der Waals surface area (Å²) in [6.45, 7) is 26.3. The van der Waals surface area contributed by atoms with Crippen molar-refractivity contribution >= 4 is 14.2 Å². The molecule has 4 rings (SSSR count). The molecule has 2 aromatic rings. The van der Waals surface area contributed by atoms with Gasteiger partial charge in [-0.25, -0.2) is 4.79 Å². The summed E-state index contributed by atoms with van der Waals surface area (Å²) in [6.07, 6.45) is 3.87. The molecule has 226 valence electrons. The van der Waals surface area contributed by atoms with Crippen molar-refractivity contribution in [1.29, 1.82) is 0 Å². The zero-order valence-corrected chi connectivity index (χ0v) is 29.3. The molecular formula is C36H48FeNO3Si+. The van der Waals surface area contributed by atoms with Crippen LogP contribution < -0.4 is 9.64 Å². The molecule has 1 saturated heterocycles. The number of ether oxygens (including phenoxy) is 1. The van der Waals surface area contributed by atoms with Gasteiger partial charge in [-0.3, -0.25) is 0 Å². The number of likely N-dealkylation sites (tertiary alicyclic amines) is 1. The van der Waals surface area contributed by atoms with Crippen molar-refractivity contribution < 1.29 is 31.0 Å². The molecule has 1 saturated carbocycles. The van der Waals surface area contributed by atoms with Gasteiger partial charge in [0, 0.05) is 29.9 Å². The summed E-state index contributed by atoms with van der Waals surface area (Å²) >= 11 is 0. The van der Waals surface area contributed by atoms with Crippen LogP contribution in [0, 0.1) is 55.0 Å². The van der Waals surface area contributed by atoms with Crippen LogP contribution in [0.5, 0.6) is 11.5 Å². The van der Waals surface area contributed by atoms with Gasteiger partial charge in [-0.1, -0.05) is 90.6 Å². The van der Waals surface area contributed by atoms with E-state index in [0.29, 0.717) is 6.61 Å². The molecule has 1 aliphatic carbocycles. The van der Waals surface area contributed by atoms with Crippen molar-refractivity contribution in [2.45, 2.75) is 86.4 Å². The van der Waals surface area contributed by atoms with Crippen LogP contribution in [-0.4, -0.2) is 20.8 Å². The molecule has 2 fully saturated rings. The SMILES string of the molecule is CC(C(=O)[N+]1[CH][CH][CH][C]1CO[Si](C)(C)C(C)(C)C)c1cccc(Oc2ccccc2)c1.C[C]1[C](C)[C](C)[C](C)[C]1C.[Fe]. The van der Waals surface area contributed by atoms with Gasteiger partial charge in [-0.2, -0.15) is 0 Å². The largest absolute Gasteiger partial charge is 0.457 e. The molecule has 1 amide bonds. The van der Waals surface area contributed by atoms with Gasteiger partial charge in [-0.15, -0.1) is 0 Å². The fourth-order valence-corrected chi connectivity index (χ4v) is 5.39. The van der Waals surface area contributed by atoms with Crippen molar-refractivity contribution in [2.75, 3.05) is 6.61 Å². The Bertz CT molecular complexity index is 1070. The Morgan fingerprint density at radius 2 is 1.36 bits per heavy atom. The quantitative estimate of drug-likeness (QED) is 0.227. The number of hydrogen-bond acceptors (Lipinski definition) is 3. The average molecular weight is 627 g/mol. The number of hydrogen-bond donors (Lipinski definition) is 0. The minimum absolute atomic E-state index is 0. The van der Waals surface area contributed by atoms with Crippen LogP contribution >= 0.6 is 0 Å². The molecule has 1 unspecified atom stereocenters. The maximum atomic E-state index is 13.3. The van der Waals surface area contributed by atoms with E-state index in [2.05, 4.69) is 68.5 Å². The predicted molar refractivity (Wildman–Crippen MR) is 172 cm³/mol. The van der Waals surface area contributed by atoms with Gasteiger partial charge in [0.25, 0.3) is 0 Å². The normalized spacial score (nSPS) is 19.3. The summed E-state index contributed by atoms with van der Waals surface area (Å²) < 4.78 is 12.3. The monoisotopic (exact) mass is 626 g/mol. The fourth-order valence-electron chi connectivity index (χ4n) is 4.45. The summed E-state index contributed by atoms with van der Waals surface area (Å²) in [5.74, 6) is 8.55. The molecule has 6 heteroatoms. The molecule has 2 aliphatic rings. The number of carbonyl (C=O) groups is 1. The van der Waals surface area contributed by atoms with E-state index in [1.807, 2.05) is 80.9 Å². The Labute approximate surface area is 268 Å². The number of rotatable bonds is 7. The molecule has 1 heterocycles. The molecule has 4 nitrogen and oxygen atoms in total. The van der Waals surface area contributed by atoms with Crippen LogP contribution in [-0.2, 0) is 26.3 Å². The minimum atomic E-state index is -1.90. The van der Waals surface area contributed by atoms with E-state index in [0.717, 1.165) is 23.1 Å². The van der Waals surface area contributed by atoms with E-state index < -0.39 is 8.32 Å². The van der Waals surface area contributed by atoms with Crippen molar-refractivity contribution in [3.8, 4) is 11.5 Å². The van der Waals surface area contributed by atoms with Crippen LogP contribution in [0.3, 0.4) is 0 Å². The number of carbonyl (C=O) groups excluding carboxylic acids is 1. The number of para-hydroxylation sites is 1. The standard InChI is InChI=1S/C26H33NO3Si.C10H15.Fe/c1-20(21-12-10-16-24(18-21)30-23-14-8-7-9-15-23)25(28)27-17-11-13-22(27)19-29-31(5,6)26(2,3)4;1-6-7(2)9(4)10(5)8(6)3;/h7-18,20H,19H2,1-6H3;1-5H3;/q+1;;. The number of benzene rings is 2. The topological polar surface area (TPSA) is 41.4 Å². The average Bonchev–Trinajstić information content (AvgIpc) is 3.48. The van der Waals surface area contributed by atoms with E-state index in [1.54, 1.807) is 4.90 Å². The first-order valence-corrected chi connectivity index (χ1v) is 17.4. The molecular weight excluding hydrogens is 578 g/mol. The van der Waals surface area contributed by atoms with Gasteiger partial charge in [0.05, 0.1) is 0 Å². The summed E-state index contributed by atoms with van der Waals surface area (Å²) in [5.41, 5.74) is 0.920. The Hall–Kier alpha value is -1.43. The second kappa shape index (κ2) is 15.5. The molecule has 0 bridgehead atoms. The second-order valence-corrected chi connectivity index (χ2v) is 17.4. The van der Waals surface area contributed by atoms with Crippen LogP contribution in [0.1, 0.15) is 73.8 Å². The summed E-state index contributed by atoms with van der Waals surface area (Å²) in [5, 5.41) is 0.126. The number of amides is 1. The molecule has 1 atom stereocenters. The van der Waals surface area contributed by atoms with E-state index in [1.165, 1.54) is 29.6 Å². The zero-order valence-electron chi connectivity index (χ0n) is 27.2. The molecule has 1 aliphatic heterocycles. The fraction of sp³-hybridized carbons (Fsp3) is 0.389. The van der Waals surface area contributed by atoms with Gasteiger partial charge in [0.1, 0.15) is 24.0 Å². The van der Waals surface area contributed by atoms with Gasteiger partial charge in [0.15, 0.2) is 8.32 Å². The third-order valence-electron chi connectivity index (χ3n) is 8.98. The maximum Gasteiger partial charge on any atom is 0.369 e. The summed E-state index contributed by atoms with van der Waals surface area (Å²) in [6, 6.07) is 18.3. The van der Waals surface area contributed by atoms with E-state index in [-0.39, 0.29) is 33.9 Å². The van der Waals surface area contributed by atoms with Crippen LogP contribution in [0.4, 0.5) is 0 Å². The second-order valence-electron chi connectivity index (χ2n) is 12.6. The van der Waals surface area contributed by atoms with Crippen LogP contribution in [0.15, 0.2) is 54.6 Å². The first kappa shape index (κ1) is 36.8. The molecule has 0 spiro atoms. The first-order valence-electron chi connectivity index (χ1n) is 14.5. The Balaban J connectivity index is 0.000000475. The minimum Gasteiger partial charge on any atom is -0.457 e. The Kier molecular flexibility index (Phi) is 13.6. The summed E-state index contributed by atoms with van der Waals surface area (Å²) in [4.78, 5) is 15.0. The van der Waals surface area contributed by atoms with Crippen molar-refractivity contribution in [1.82, 2.24) is 4.90 Å². The van der Waals surface area contributed by atoms with Crippen LogP contribution in [0.25, 0.3) is 0 Å². The zero-order chi connectivity index (χ0) is 30.5. The smallest absolute Gasteiger partial charge is 0.369 e. The van der Waals surface area contributed by atoms with E-state index >= 15 is 0 Å². The van der Waals surface area contributed by atoms with Crippen LogP contribution in [0.2, 0.25) is 18.1 Å². The van der Waals surface area contributed by atoms with Crippen molar-refractivity contribution in [3.05, 3.63) is 115 Å². The third-order valence-corrected chi connectivity index (χ3v) is 13.5. The van der Waals surface area contributed by atoms with E-state index in [9.17, 15) is 4.79 Å². The third kappa shape index (κ3) is 9.05. The van der Waals surface area contributed by atoms with Crippen molar-refractivity contribution in [3.63, 3.8) is 0 Å². The van der Waals surface area contributed by atoms with Gasteiger partial charge in [-0.05, 0) is 84.5 Å². The Morgan fingerprint density at radius 3 is 1.88 bits per heavy atom. The molecule has 0 aromatic heterocycles. The van der Waals surface area contributed by atoms with Gasteiger partial charge >= 0.3 is 5.91 Å². The first-order chi connectivity index (χ1) is 19.1. The molecule has 2 aromatic carbocycles. The predicted octanol–water partition coefficient (Wildman–Crippen LogP) is 9.36.